The lowest BCUT2D eigenvalue weighted by atomic mass is 10.1. The number of benzene rings is 1. The zero-order valence-corrected chi connectivity index (χ0v) is 11.3. The van der Waals surface area contributed by atoms with E-state index in [4.69, 9.17) is 4.74 Å². The Morgan fingerprint density at radius 1 is 1.39 bits per heavy atom. The van der Waals surface area contributed by atoms with Gasteiger partial charge in [-0.1, -0.05) is 0 Å². The van der Waals surface area contributed by atoms with Crippen LogP contribution in [0.2, 0.25) is 0 Å². The Morgan fingerprint density at radius 2 is 2.11 bits per heavy atom. The first-order valence-electron chi connectivity index (χ1n) is 6.40. The van der Waals surface area contributed by atoms with Crippen molar-refractivity contribution in [2.45, 2.75) is 26.9 Å². The number of ether oxygens (including phenoxy) is 1. The van der Waals surface area contributed by atoms with Crippen LogP contribution in [0.1, 0.15) is 32.4 Å². The number of likely N-dealkylation sites (N-methyl/N-ethyl adjacent to an activating group) is 1. The molecule has 0 aliphatic heterocycles. The average molecular weight is 255 g/mol. The van der Waals surface area contributed by atoms with Crippen LogP contribution in [0.25, 0.3) is 0 Å². The highest BCUT2D eigenvalue weighted by Crippen LogP contribution is 2.27. The summed E-state index contributed by atoms with van der Waals surface area (Å²) in [5, 5.41) is 9.72. The van der Waals surface area contributed by atoms with Crippen LogP contribution >= 0.6 is 0 Å². The van der Waals surface area contributed by atoms with Crippen molar-refractivity contribution in [3.05, 3.63) is 29.6 Å². The molecule has 1 unspecified atom stereocenters. The van der Waals surface area contributed by atoms with Gasteiger partial charge in [-0.05, 0) is 39.0 Å². The van der Waals surface area contributed by atoms with Crippen molar-refractivity contribution in [3.8, 4) is 0 Å². The number of halogens is 1. The van der Waals surface area contributed by atoms with Crippen LogP contribution in [-0.4, -0.2) is 31.4 Å². The summed E-state index contributed by atoms with van der Waals surface area (Å²) in [7, 11) is 0. The van der Waals surface area contributed by atoms with Crippen molar-refractivity contribution in [1.82, 2.24) is 0 Å². The van der Waals surface area contributed by atoms with Crippen LogP contribution in [0.5, 0.6) is 0 Å². The van der Waals surface area contributed by atoms with Crippen LogP contribution < -0.4 is 4.90 Å². The van der Waals surface area contributed by atoms with E-state index in [0.29, 0.717) is 18.8 Å². The molecule has 0 fully saturated rings. The first kappa shape index (κ1) is 14.9. The van der Waals surface area contributed by atoms with E-state index in [0.717, 1.165) is 18.8 Å². The van der Waals surface area contributed by atoms with Crippen LogP contribution in [0, 0.1) is 5.82 Å². The lowest BCUT2D eigenvalue weighted by Crippen LogP contribution is -2.28. The number of aliphatic hydroxyl groups excluding tert-OH is 1. The van der Waals surface area contributed by atoms with Crippen molar-refractivity contribution in [2.75, 3.05) is 31.2 Å². The predicted octanol–water partition coefficient (Wildman–Crippen LogP) is 2.74. The van der Waals surface area contributed by atoms with E-state index < -0.39 is 6.10 Å². The highest BCUT2D eigenvalue weighted by Gasteiger charge is 2.14. The van der Waals surface area contributed by atoms with Gasteiger partial charge >= 0.3 is 0 Å². The topological polar surface area (TPSA) is 32.7 Å². The van der Waals surface area contributed by atoms with Gasteiger partial charge in [0.2, 0.25) is 0 Å². The second-order valence-electron chi connectivity index (χ2n) is 4.16. The van der Waals surface area contributed by atoms with Crippen molar-refractivity contribution in [3.63, 3.8) is 0 Å². The first-order chi connectivity index (χ1) is 8.60. The van der Waals surface area contributed by atoms with Gasteiger partial charge < -0.3 is 14.7 Å². The molecule has 4 heteroatoms. The Kier molecular flexibility index (Phi) is 6.09. The molecule has 1 aromatic rings. The Bertz CT molecular complexity index is 369. The Balaban J connectivity index is 2.90. The minimum absolute atomic E-state index is 0.324. The summed E-state index contributed by atoms with van der Waals surface area (Å²) in [5.74, 6) is -0.324. The molecule has 0 bridgehead atoms. The minimum Gasteiger partial charge on any atom is -0.389 e. The summed E-state index contributed by atoms with van der Waals surface area (Å²) in [6.45, 7) is 8.46. The van der Waals surface area contributed by atoms with E-state index in [-0.39, 0.29) is 5.82 Å². The molecule has 0 aromatic heterocycles. The van der Waals surface area contributed by atoms with Gasteiger partial charge in [0.15, 0.2) is 0 Å². The fraction of sp³-hybridized carbons (Fsp3) is 0.571. The molecule has 0 amide bonds. The van der Waals surface area contributed by atoms with Crippen molar-refractivity contribution >= 4 is 5.69 Å². The molecule has 0 aliphatic rings. The third-order valence-corrected chi connectivity index (χ3v) is 2.87. The Hall–Kier alpha value is -1.13. The van der Waals surface area contributed by atoms with Crippen LogP contribution in [0.15, 0.2) is 18.2 Å². The third kappa shape index (κ3) is 3.96. The smallest absolute Gasteiger partial charge is 0.123 e. The third-order valence-electron chi connectivity index (χ3n) is 2.87. The monoisotopic (exact) mass is 255 g/mol. The molecule has 0 saturated carbocycles. The number of anilines is 1. The van der Waals surface area contributed by atoms with Gasteiger partial charge in [0.1, 0.15) is 5.82 Å². The molecule has 1 rings (SSSR count). The molecule has 0 heterocycles. The Morgan fingerprint density at radius 3 is 2.67 bits per heavy atom. The largest absolute Gasteiger partial charge is 0.389 e. The lowest BCUT2D eigenvalue weighted by molar-refractivity contribution is 0.153. The highest BCUT2D eigenvalue weighted by molar-refractivity contribution is 5.54. The van der Waals surface area contributed by atoms with Gasteiger partial charge in [-0.15, -0.1) is 0 Å². The van der Waals surface area contributed by atoms with E-state index in [1.165, 1.54) is 12.1 Å². The van der Waals surface area contributed by atoms with E-state index in [1.807, 2.05) is 13.8 Å². The SMILES string of the molecule is CCOCCN(CC)c1ccc(F)cc1C(C)O. The van der Waals surface area contributed by atoms with E-state index in [2.05, 4.69) is 4.90 Å². The zero-order chi connectivity index (χ0) is 13.5. The average Bonchev–Trinajstić information content (AvgIpc) is 2.35. The molecule has 1 atom stereocenters. The fourth-order valence-corrected chi connectivity index (χ4v) is 1.92. The predicted molar refractivity (Wildman–Crippen MR) is 71.4 cm³/mol. The van der Waals surface area contributed by atoms with Gasteiger partial charge in [0.25, 0.3) is 0 Å². The molecule has 3 nitrogen and oxygen atoms in total. The van der Waals surface area contributed by atoms with Gasteiger partial charge in [-0.2, -0.15) is 0 Å². The quantitative estimate of drug-likeness (QED) is 0.760. The molecule has 0 saturated heterocycles. The second kappa shape index (κ2) is 7.34. The number of aliphatic hydroxyl groups is 1. The van der Waals surface area contributed by atoms with Crippen molar-refractivity contribution in [1.29, 1.82) is 0 Å². The molecule has 18 heavy (non-hydrogen) atoms. The summed E-state index contributed by atoms with van der Waals surface area (Å²) in [6, 6.07) is 4.53. The second-order valence-corrected chi connectivity index (χ2v) is 4.16. The van der Waals surface area contributed by atoms with Crippen LogP contribution in [-0.2, 0) is 4.74 Å². The standard InChI is InChI=1S/C14H22FNO2/c1-4-16(8-9-18-5-2)14-7-6-12(15)10-13(14)11(3)17/h6-7,10-11,17H,4-5,8-9H2,1-3H3. The van der Waals surface area contributed by atoms with Gasteiger partial charge in [0, 0.05) is 30.9 Å². The minimum atomic E-state index is -0.683. The van der Waals surface area contributed by atoms with Crippen molar-refractivity contribution < 1.29 is 14.2 Å². The molecule has 102 valence electrons. The van der Waals surface area contributed by atoms with Crippen LogP contribution in [0.3, 0.4) is 0 Å². The first-order valence-corrected chi connectivity index (χ1v) is 6.40. The zero-order valence-electron chi connectivity index (χ0n) is 11.3. The van der Waals surface area contributed by atoms with Crippen molar-refractivity contribution in [2.24, 2.45) is 0 Å². The lowest BCUT2D eigenvalue weighted by Gasteiger charge is -2.26. The molecule has 1 N–H and O–H groups in total. The van der Waals surface area contributed by atoms with E-state index in [1.54, 1.807) is 13.0 Å². The maximum Gasteiger partial charge on any atom is 0.123 e. The van der Waals surface area contributed by atoms with Gasteiger partial charge in [-0.3, -0.25) is 0 Å². The molecule has 0 spiro atoms. The number of nitrogens with zero attached hydrogens (tertiary/aromatic N) is 1. The number of rotatable bonds is 7. The normalized spacial score (nSPS) is 12.5. The summed E-state index contributed by atoms with van der Waals surface area (Å²) in [5.41, 5.74) is 1.49. The summed E-state index contributed by atoms with van der Waals surface area (Å²) >= 11 is 0. The maximum atomic E-state index is 13.2. The molecule has 0 radical (unpaired) electrons. The number of hydrogen-bond donors (Lipinski definition) is 1. The highest BCUT2D eigenvalue weighted by atomic mass is 19.1. The van der Waals surface area contributed by atoms with Crippen LogP contribution in [0.4, 0.5) is 10.1 Å². The maximum absolute atomic E-state index is 13.2. The fourth-order valence-electron chi connectivity index (χ4n) is 1.92. The van der Waals surface area contributed by atoms with Gasteiger partial charge in [-0.25, -0.2) is 4.39 Å². The molecular formula is C14H22FNO2. The Labute approximate surface area is 108 Å². The van der Waals surface area contributed by atoms with Gasteiger partial charge in [0.05, 0.1) is 12.7 Å². The summed E-state index contributed by atoms with van der Waals surface area (Å²) in [6.07, 6.45) is -0.683. The molecular weight excluding hydrogens is 233 g/mol. The summed E-state index contributed by atoms with van der Waals surface area (Å²) < 4.78 is 18.6. The number of hydrogen-bond acceptors (Lipinski definition) is 3. The van der Waals surface area contributed by atoms with E-state index in [9.17, 15) is 9.50 Å². The van der Waals surface area contributed by atoms with E-state index >= 15 is 0 Å². The molecule has 0 aliphatic carbocycles. The molecule has 1 aromatic carbocycles. The summed E-state index contributed by atoms with van der Waals surface area (Å²) in [4.78, 5) is 2.08.